The monoisotopic (exact) mass is 1180 g/mol. The van der Waals surface area contributed by atoms with Crippen molar-refractivity contribution in [1.82, 2.24) is 0 Å². The standard InChI is InChI=1S/C91H60N2/c1-92-83-54-21-19-50-79(83)90(75-46-15-9-32-61(75)62-33-10-16-47-76(62)90)81-52-26-42-69(87(81)92)59-37-23-39-66-72(59)56-73-60(70-43-27-53-82-88(70)93(2)84-55-22-20-51-80(84)91(82)77-48-17-11-34-63(77)64-35-12-18-49-78(64)91)38-24-40-67(73)85(66)71-44-25-41-68-65-36-13-14-45-74(65)89(86(68)71,57-28-5-3-6-29-57)58-30-7-4-8-31-58/h3-56H,1-2H3. The third kappa shape index (κ3) is 6.52. The predicted molar refractivity (Wildman–Crippen MR) is 386 cm³/mol. The van der Waals surface area contributed by atoms with Crippen LogP contribution < -0.4 is 9.80 Å². The van der Waals surface area contributed by atoms with E-state index in [-0.39, 0.29) is 0 Å². The highest BCUT2D eigenvalue weighted by atomic mass is 15.1. The SMILES string of the molecule is CN1c2ccccc2C2(c3ccccc3-c3ccccc32)c2cccc(-c3cccc4c(-c5cccc6c5C(c5ccccc5)(c5ccccc5)c5ccccc5-6)c5cccc(-c6cccc7c6N(C)c6ccccc6C76c7ccccc7-c7ccccc76)c5cc34)c21. The van der Waals surface area contributed by atoms with E-state index in [1.807, 2.05) is 0 Å². The summed E-state index contributed by atoms with van der Waals surface area (Å²) in [6, 6.07) is 125. The van der Waals surface area contributed by atoms with Crippen LogP contribution in [-0.2, 0) is 16.2 Å². The third-order valence-electron chi connectivity index (χ3n) is 22.2. The van der Waals surface area contributed by atoms with E-state index in [2.05, 4.69) is 351 Å². The summed E-state index contributed by atoms with van der Waals surface area (Å²) in [7, 11) is 4.59. The second-order valence-corrected chi connectivity index (χ2v) is 26.0. The molecule has 0 radical (unpaired) electrons. The maximum atomic E-state index is 2.58. The zero-order valence-electron chi connectivity index (χ0n) is 51.6. The molecule has 0 unspecified atom stereocenters. The number of fused-ring (bicyclic) bond motifs is 23. The average Bonchev–Trinajstić information content (AvgIpc) is 1.62. The molecule has 0 saturated heterocycles. The largest absolute Gasteiger partial charge is 0.344 e. The first-order chi connectivity index (χ1) is 46.0. The molecule has 93 heavy (non-hydrogen) atoms. The Hall–Kier alpha value is -11.6. The zero-order valence-corrected chi connectivity index (χ0v) is 51.6. The molecule has 5 aliphatic rings. The molecule has 434 valence electrons. The molecule has 0 aromatic heterocycles. The Morgan fingerprint density at radius 3 is 0.925 bits per heavy atom. The Bertz CT molecular complexity index is 5310. The summed E-state index contributed by atoms with van der Waals surface area (Å²) in [6.07, 6.45) is 0. The van der Waals surface area contributed by atoms with Gasteiger partial charge in [0, 0.05) is 36.6 Å². The highest BCUT2D eigenvalue weighted by Crippen LogP contribution is 2.67. The molecule has 2 heterocycles. The Kier molecular flexibility index (Phi) is 10.8. The lowest BCUT2D eigenvalue weighted by molar-refractivity contribution is 0.749. The zero-order chi connectivity index (χ0) is 61.3. The number of nitrogens with zero attached hydrogens (tertiary/aromatic N) is 2. The maximum absolute atomic E-state index is 2.58. The van der Waals surface area contributed by atoms with E-state index in [0.717, 1.165) is 0 Å². The highest BCUT2D eigenvalue weighted by molar-refractivity contribution is 6.21. The van der Waals surface area contributed by atoms with Crippen molar-refractivity contribution < 1.29 is 0 Å². The number of para-hydroxylation sites is 4. The molecule has 15 aromatic rings. The summed E-state index contributed by atoms with van der Waals surface area (Å²) in [6.45, 7) is 0. The molecule has 15 aromatic carbocycles. The second kappa shape index (κ2) is 19.2. The molecule has 2 heteroatoms. The lowest BCUT2D eigenvalue weighted by Gasteiger charge is -2.44. The van der Waals surface area contributed by atoms with Gasteiger partial charge in [-0.3, -0.25) is 0 Å². The molecular formula is C91H60N2. The van der Waals surface area contributed by atoms with Crippen molar-refractivity contribution in [2.75, 3.05) is 23.9 Å². The fraction of sp³-hybridized carbons (Fsp3) is 0.0549. The van der Waals surface area contributed by atoms with Crippen LogP contribution in [0.4, 0.5) is 22.7 Å². The molecule has 0 N–H and O–H groups in total. The van der Waals surface area contributed by atoms with Crippen LogP contribution in [0.15, 0.2) is 328 Å². The van der Waals surface area contributed by atoms with E-state index in [1.54, 1.807) is 0 Å². The van der Waals surface area contributed by atoms with Crippen molar-refractivity contribution >= 4 is 44.3 Å². The highest BCUT2D eigenvalue weighted by Gasteiger charge is 2.54. The summed E-state index contributed by atoms with van der Waals surface area (Å²) < 4.78 is 0. The molecule has 2 nitrogen and oxygen atoms in total. The lowest BCUT2D eigenvalue weighted by Crippen LogP contribution is -2.36. The normalized spacial score (nSPS) is 14.8. The van der Waals surface area contributed by atoms with Crippen LogP contribution in [0.2, 0.25) is 0 Å². The van der Waals surface area contributed by atoms with Crippen LogP contribution in [0.1, 0.15) is 66.8 Å². The van der Waals surface area contributed by atoms with Gasteiger partial charge in [0.15, 0.2) is 0 Å². The molecule has 0 fully saturated rings. The number of hydrogen-bond donors (Lipinski definition) is 0. The molecule has 3 aliphatic carbocycles. The minimum absolute atomic E-state index is 0.566. The number of anilines is 4. The lowest BCUT2D eigenvalue weighted by atomic mass is 9.64. The van der Waals surface area contributed by atoms with Crippen molar-refractivity contribution in [3.63, 3.8) is 0 Å². The number of benzene rings is 15. The fourth-order valence-electron chi connectivity index (χ4n) is 18.8. The minimum Gasteiger partial charge on any atom is -0.344 e. The molecule has 2 spiro atoms. The van der Waals surface area contributed by atoms with E-state index in [1.165, 1.54) is 178 Å². The summed E-state index contributed by atoms with van der Waals surface area (Å²) in [5.74, 6) is 0. The molecule has 0 amide bonds. The van der Waals surface area contributed by atoms with Crippen molar-refractivity contribution in [1.29, 1.82) is 0 Å². The number of rotatable bonds is 5. The van der Waals surface area contributed by atoms with Gasteiger partial charge in [-0.2, -0.15) is 0 Å². The van der Waals surface area contributed by atoms with Crippen molar-refractivity contribution in [2.24, 2.45) is 0 Å². The van der Waals surface area contributed by atoms with E-state index in [4.69, 9.17) is 0 Å². The van der Waals surface area contributed by atoms with Crippen LogP contribution >= 0.6 is 0 Å². The second-order valence-electron chi connectivity index (χ2n) is 26.0. The molecule has 0 saturated carbocycles. The summed E-state index contributed by atoms with van der Waals surface area (Å²) in [4.78, 5) is 4.99. The van der Waals surface area contributed by atoms with Gasteiger partial charge in [-0.1, -0.05) is 309 Å². The van der Waals surface area contributed by atoms with E-state index < -0.39 is 16.2 Å². The van der Waals surface area contributed by atoms with Gasteiger partial charge in [-0.05, 0) is 162 Å². The molecule has 0 atom stereocenters. The first-order valence-electron chi connectivity index (χ1n) is 32.7. The smallest absolute Gasteiger partial charge is 0.0754 e. The molecule has 20 rings (SSSR count). The van der Waals surface area contributed by atoms with Gasteiger partial charge >= 0.3 is 0 Å². The summed E-state index contributed by atoms with van der Waals surface area (Å²) in [5, 5.41) is 4.81. The maximum Gasteiger partial charge on any atom is 0.0754 e. The van der Waals surface area contributed by atoms with Gasteiger partial charge in [-0.15, -0.1) is 0 Å². The van der Waals surface area contributed by atoms with Crippen LogP contribution in [0, 0.1) is 0 Å². The number of hydrogen-bond acceptors (Lipinski definition) is 2. The first-order valence-corrected chi connectivity index (χ1v) is 32.7. The predicted octanol–water partition coefficient (Wildman–Crippen LogP) is 22.2. The van der Waals surface area contributed by atoms with Crippen molar-refractivity contribution in [3.8, 4) is 66.8 Å². The van der Waals surface area contributed by atoms with Gasteiger partial charge in [0.2, 0.25) is 0 Å². The van der Waals surface area contributed by atoms with Crippen LogP contribution in [0.25, 0.3) is 88.3 Å². The quantitative estimate of drug-likeness (QED) is 0.159. The van der Waals surface area contributed by atoms with Crippen molar-refractivity contribution in [2.45, 2.75) is 16.2 Å². The van der Waals surface area contributed by atoms with Gasteiger partial charge in [0.05, 0.1) is 27.6 Å². The van der Waals surface area contributed by atoms with Gasteiger partial charge in [0.1, 0.15) is 0 Å². The van der Waals surface area contributed by atoms with Crippen molar-refractivity contribution in [3.05, 3.63) is 394 Å². The van der Waals surface area contributed by atoms with Crippen LogP contribution in [0.5, 0.6) is 0 Å². The molecular weight excluding hydrogens is 1120 g/mol. The average molecular weight is 1180 g/mol. The summed E-state index contributed by atoms with van der Waals surface area (Å²) >= 11 is 0. The van der Waals surface area contributed by atoms with Gasteiger partial charge < -0.3 is 9.80 Å². The Labute approximate surface area is 542 Å². The van der Waals surface area contributed by atoms with Gasteiger partial charge in [0.25, 0.3) is 0 Å². The summed E-state index contributed by atoms with van der Waals surface area (Å²) in [5.41, 5.74) is 33.5. The van der Waals surface area contributed by atoms with Crippen LogP contribution in [0.3, 0.4) is 0 Å². The van der Waals surface area contributed by atoms with Gasteiger partial charge in [-0.25, -0.2) is 0 Å². The topological polar surface area (TPSA) is 6.48 Å². The van der Waals surface area contributed by atoms with Crippen LogP contribution in [-0.4, -0.2) is 14.1 Å². The first kappa shape index (κ1) is 52.2. The fourth-order valence-corrected chi connectivity index (χ4v) is 18.8. The van der Waals surface area contributed by atoms with E-state index in [9.17, 15) is 0 Å². The van der Waals surface area contributed by atoms with E-state index >= 15 is 0 Å². The molecule has 2 aliphatic heterocycles. The third-order valence-corrected chi connectivity index (χ3v) is 22.2. The molecule has 0 bridgehead atoms. The Balaban J connectivity index is 0.929. The minimum atomic E-state index is -0.664. The Morgan fingerprint density at radius 2 is 0.495 bits per heavy atom. The Morgan fingerprint density at radius 1 is 0.204 bits per heavy atom. The van der Waals surface area contributed by atoms with E-state index in [0.29, 0.717) is 0 Å².